The zero-order valence-electron chi connectivity index (χ0n) is 10.8. The van der Waals surface area contributed by atoms with E-state index < -0.39 is 17.4 Å². The molecule has 19 heavy (non-hydrogen) atoms. The molecule has 0 N–H and O–H groups in total. The molecule has 0 unspecified atom stereocenters. The third-order valence-electron chi connectivity index (χ3n) is 3.14. The van der Waals surface area contributed by atoms with Crippen LogP contribution in [0.2, 0.25) is 0 Å². The maximum Gasteiger partial charge on any atom is 0.196 e. The standard InChI is InChI=1S/C16H14F2O/c1-3-11-5-7-12(8-6-11)16(19)13-9-4-10(2)14(17)15(13)18/h4-9H,3H2,1-2H3. The van der Waals surface area contributed by atoms with Gasteiger partial charge in [-0.05, 0) is 30.5 Å². The molecule has 0 aromatic heterocycles. The zero-order chi connectivity index (χ0) is 14.0. The molecule has 0 heterocycles. The number of carbonyl (C=O) groups excluding carboxylic acids is 1. The van der Waals surface area contributed by atoms with Gasteiger partial charge in [0.25, 0.3) is 0 Å². The lowest BCUT2D eigenvalue weighted by atomic mass is 10.00. The van der Waals surface area contributed by atoms with Gasteiger partial charge in [-0.1, -0.05) is 37.3 Å². The molecule has 0 aliphatic rings. The molecule has 0 bridgehead atoms. The highest BCUT2D eigenvalue weighted by molar-refractivity contribution is 6.09. The summed E-state index contributed by atoms with van der Waals surface area (Å²) in [6.45, 7) is 3.47. The van der Waals surface area contributed by atoms with Crippen LogP contribution in [-0.2, 0) is 6.42 Å². The van der Waals surface area contributed by atoms with Crippen molar-refractivity contribution in [2.45, 2.75) is 20.3 Å². The molecule has 0 aliphatic carbocycles. The number of ketones is 1. The van der Waals surface area contributed by atoms with Gasteiger partial charge in [0.05, 0.1) is 5.56 Å². The second-order valence-electron chi connectivity index (χ2n) is 4.44. The van der Waals surface area contributed by atoms with Crippen LogP contribution in [0.25, 0.3) is 0 Å². The van der Waals surface area contributed by atoms with Crippen molar-refractivity contribution in [3.8, 4) is 0 Å². The fourth-order valence-electron chi connectivity index (χ4n) is 1.87. The maximum absolute atomic E-state index is 13.7. The lowest BCUT2D eigenvalue weighted by Crippen LogP contribution is -2.07. The Labute approximate surface area is 110 Å². The molecular weight excluding hydrogens is 246 g/mol. The van der Waals surface area contributed by atoms with Gasteiger partial charge in [0.15, 0.2) is 17.4 Å². The predicted octanol–water partition coefficient (Wildman–Crippen LogP) is 4.07. The van der Waals surface area contributed by atoms with Crippen molar-refractivity contribution in [3.05, 3.63) is 70.3 Å². The highest BCUT2D eigenvalue weighted by Crippen LogP contribution is 2.19. The van der Waals surface area contributed by atoms with Gasteiger partial charge in [-0.15, -0.1) is 0 Å². The SMILES string of the molecule is CCc1ccc(C(=O)c2ccc(C)c(F)c2F)cc1. The number of benzene rings is 2. The fraction of sp³-hybridized carbons (Fsp3) is 0.188. The van der Waals surface area contributed by atoms with E-state index in [0.29, 0.717) is 5.56 Å². The molecule has 0 atom stereocenters. The molecule has 2 aromatic rings. The minimum Gasteiger partial charge on any atom is -0.288 e. The Kier molecular flexibility index (Phi) is 3.74. The first kappa shape index (κ1) is 13.4. The van der Waals surface area contributed by atoms with Crippen molar-refractivity contribution in [3.63, 3.8) is 0 Å². The van der Waals surface area contributed by atoms with Gasteiger partial charge in [0.1, 0.15) is 0 Å². The Hall–Kier alpha value is -2.03. The van der Waals surface area contributed by atoms with Crippen LogP contribution >= 0.6 is 0 Å². The average Bonchev–Trinajstić information content (AvgIpc) is 2.44. The molecule has 2 rings (SSSR count). The molecule has 0 aliphatic heterocycles. The van der Waals surface area contributed by atoms with Crippen LogP contribution in [-0.4, -0.2) is 5.78 Å². The highest BCUT2D eigenvalue weighted by Gasteiger charge is 2.18. The van der Waals surface area contributed by atoms with Crippen molar-refractivity contribution in [1.82, 2.24) is 0 Å². The summed E-state index contributed by atoms with van der Waals surface area (Å²) in [7, 11) is 0. The van der Waals surface area contributed by atoms with Crippen LogP contribution in [0.5, 0.6) is 0 Å². The lowest BCUT2D eigenvalue weighted by Gasteiger charge is -2.06. The molecule has 0 amide bonds. The Bertz CT molecular complexity index is 615. The number of hydrogen-bond acceptors (Lipinski definition) is 1. The molecule has 0 fully saturated rings. The number of carbonyl (C=O) groups is 1. The van der Waals surface area contributed by atoms with Crippen molar-refractivity contribution in [1.29, 1.82) is 0 Å². The Balaban J connectivity index is 2.41. The zero-order valence-corrected chi connectivity index (χ0v) is 10.8. The molecule has 98 valence electrons. The van der Waals surface area contributed by atoms with Crippen LogP contribution in [0, 0.1) is 18.6 Å². The van der Waals surface area contributed by atoms with Crippen molar-refractivity contribution in [2.75, 3.05) is 0 Å². The summed E-state index contributed by atoms with van der Waals surface area (Å²) in [4.78, 5) is 12.1. The summed E-state index contributed by atoms with van der Waals surface area (Å²) in [6, 6.07) is 9.64. The van der Waals surface area contributed by atoms with Crippen molar-refractivity contribution in [2.24, 2.45) is 0 Å². The quantitative estimate of drug-likeness (QED) is 0.760. The van der Waals surface area contributed by atoms with Crippen LogP contribution in [0.3, 0.4) is 0 Å². The average molecular weight is 260 g/mol. The Morgan fingerprint density at radius 1 is 1.00 bits per heavy atom. The van der Waals surface area contributed by atoms with Gasteiger partial charge in [-0.25, -0.2) is 8.78 Å². The summed E-state index contributed by atoms with van der Waals surface area (Å²) in [5, 5.41) is 0. The lowest BCUT2D eigenvalue weighted by molar-refractivity contribution is 0.103. The highest BCUT2D eigenvalue weighted by atomic mass is 19.2. The van der Waals surface area contributed by atoms with Crippen LogP contribution in [0.1, 0.15) is 34.0 Å². The Morgan fingerprint density at radius 3 is 2.21 bits per heavy atom. The minimum atomic E-state index is -1.08. The summed E-state index contributed by atoms with van der Waals surface area (Å²) >= 11 is 0. The van der Waals surface area contributed by atoms with E-state index in [-0.39, 0.29) is 11.1 Å². The van der Waals surface area contributed by atoms with E-state index in [1.165, 1.54) is 19.1 Å². The van der Waals surface area contributed by atoms with Gasteiger partial charge >= 0.3 is 0 Å². The monoisotopic (exact) mass is 260 g/mol. The first-order valence-electron chi connectivity index (χ1n) is 6.12. The van der Waals surface area contributed by atoms with Gasteiger partial charge < -0.3 is 0 Å². The van der Waals surface area contributed by atoms with E-state index in [1.54, 1.807) is 12.1 Å². The van der Waals surface area contributed by atoms with Gasteiger partial charge in [0, 0.05) is 5.56 Å². The van der Waals surface area contributed by atoms with E-state index in [4.69, 9.17) is 0 Å². The number of rotatable bonds is 3. The second kappa shape index (κ2) is 5.31. The van der Waals surface area contributed by atoms with Crippen LogP contribution < -0.4 is 0 Å². The van der Waals surface area contributed by atoms with E-state index in [2.05, 4.69) is 0 Å². The molecule has 1 nitrogen and oxygen atoms in total. The number of hydrogen-bond donors (Lipinski definition) is 0. The van der Waals surface area contributed by atoms with E-state index in [0.717, 1.165) is 12.0 Å². The molecule has 2 aromatic carbocycles. The van der Waals surface area contributed by atoms with E-state index in [9.17, 15) is 13.6 Å². The summed E-state index contributed by atoms with van der Waals surface area (Å²) < 4.78 is 27.2. The van der Waals surface area contributed by atoms with Crippen molar-refractivity contribution < 1.29 is 13.6 Å². The number of halogens is 2. The van der Waals surface area contributed by atoms with Gasteiger partial charge in [-0.2, -0.15) is 0 Å². The molecule has 0 saturated carbocycles. The van der Waals surface area contributed by atoms with E-state index >= 15 is 0 Å². The van der Waals surface area contributed by atoms with E-state index in [1.807, 2.05) is 19.1 Å². The normalized spacial score (nSPS) is 10.5. The molecule has 3 heteroatoms. The van der Waals surface area contributed by atoms with Gasteiger partial charge in [-0.3, -0.25) is 4.79 Å². The topological polar surface area (TPSA) is 17.1 Å². The molecular formula is C16H14F2O. The van der Waals surface area contributed by atoms with Gasteiger partial charge in [0.2, 0.25) is 0 Å². The fourth-order valence-corrected chi connectivity index (χ4v) is 1.87. The summed E-state index contributed by atoms with van der Waals surface area (Å²) in [5.41, 5.74) is 1.41. The summed E-state index contributed by atoms with van der Waals surface area (Å²) in [6.07, 6.45) is 0.863. The Morgan fingerprint density at radius 2 is 1.63 bits per heavy atom. The smallest absolute Gasteiger partial charge is 0.196 e. The maximum atomic E-state index is 13.7. The first-order valence-corrected chi connectivity index (χ1v) is 6.12. The largest absolute Gasteiger partial charge is 0.288 e. The number of aryl methyl sites for hydroxylation is 2. The van der Waals surface area contributed by atoms with Crippen LogP contribution in [0.4, 0.5) is 8.78 Å². The van der Waals surface area contributed by atoms with Crippen molar-refractivity contribution >= 4 is 5.78 Å². The third kappa shape index (κ3) is 2.55. The predicted molar refractivity (Wildman–Crippen MR) is 70.3 cm³/mol. The summed E-state index contributed by atoms with van der Waals surface area (Å²) in [5.74, 6) is -2.54. The molecule has 0 radical (unpaired) electrons. The second-order valence-corrected chi connectivity index (χ2v) is 4.44. The minimum absolute atomic E-state index is 0.190. The first-order chi connectivity index (χ1) is 9.04. The van der Waals surface area contributed by atoms with Crippen LogP contribution in [0.15, 0.2) is 36.4 Å². The molecule has 0 spiro atoms. The molecule has 0 saturated heterocycles. The third-order valence-corrected chi connectivity index (χ3v) is 3.14.